The molecule has 2 aromatic heterocycles. The van der Waals surface area contributed by atoms with Gasteiger partial charge in [0.1, 0.15) is 5.82 Å². The minimum Gasteiger partial charge on any atom is -0.481 e. The highest BCUT2D eigenvalue weighted by Crippen LogP contribution is 2.76. The van der Waals surface area contributed by atoms with Crippen LogP contribution >= 0.6 is 0 Å². The van der Waals surface area contributed by atoms with E-state index in [2.05, 4.69) is 63.6 Å². The maximum absolute atomic E-state index is 14.9. The molecule has 0 radical (unpaired) electrons. The van der Waals surface area contributed by atoms with E-state index in [9.17, 15) is 14.3 Å². The lowest BCUT2D eigenvalue weighted by molar-refractivity contribution is -0.161. The third-order valence-electron chi connectivity index (χ3n) is 14.2. The number of aliphatic carboxylic acids is 1. The van der Waals surface area contributed by atoms with Crippen LogP contribution in [0.15, 0.2) is 23.9 Å². The van der Waals surface area contributed by atoms with Crippen LogP contribution in [0.4, 0.5) is 10.2 Å². The number of aromatic nitrogens is 3. The molecule has 3 fully saturated rings. The molecule has 0 aromatic carbocycles. The van der Waals surface area contributed by atoms with Gasteiger partial charge in [0, 0.05) is 28.9 Å². The monoisotopic (exact) mass is 588 g/mol. The molecular weight excluding hydrogens is 539 g/mol. The van der Waals surface area contributed by atoms with Gasteiger partial charge in [-0.15, -0.1) is 0 Å². The number of allylic oxidation sites excluding steroid dienone is 2. The molecule has 0 bridgehead atoms. The predicted octanol–water partition coefficient (Wildman–Crippen LogP) is 7.81. The Morgan fingerprint density at radius 2 is 1.81 bits per heavy atom. The van der Waals surface area contributed by atoms with E-state index in [1.165, 1.54) is 22.4 Å². The summed E-state index contributed by atoms with van der Waals surface area (Å²) in [5.41, 5.74) is 12.2. The number of nitrogen functional groups attached to an aromatic ring is 1. The Morgan fingerprint density at radius 3 is 2.51 bits per heavy atom. The largest absolute Gasteiger partial charge is 0.481 e. The van der Waals surface area contributed by atoms with E-state index in [0.29, 0.717) is 17.7 Å². The third kappa shape index (κ3) is 3.78. The zero-order valence-corrected chi connectivity index (χ0v) is 27.0. The summed E-state index contributed by atoms with van der Waals surface area (Å²) in [6.45, 7) is 16.8. The second-order valence-electron chi connectivity index (χ2n) is 17.0. The van der Waals surface area contributed by atoms with Gasteiger partial charge in [0.2, 0.25) is 5.95 Å². The molecule has 232 valence electrons. The Bertz CT molecular complexity index is 1540. The lowest BCUT2D eigenvalue weighted by Gasteiger charge is -2.70. The second kappa shape index (κ2) is 8.94. The Kier molecular flexibility index (Phi) is 6.04. The number of hydrogen-bond donors (Lipinski definition) is 3. The molecule has 6 nitrogen and oxygen atoms in total. The summed E-state index contributed by atoms with van der Waals surface area (Å²) < 4.78 is 14.9. The van der Waals surface area contributed by atoms with Crippen LogP contribution in [0, 0.1) is 57.2 Å². The van der Waals surface area contributed by atoms with Crippen molar-refractivity contribution >= 4 is 17.4 Å². The molecule has 43 heavy (non-hydrogen) atoms. The Morgan fingerprint density at radius 1 is 1.07 bits per heavy atom. The topological polar surface area (TPSA) is 105 Å². The summed E-state index contributed by atoms with van der Waals surface area (Å²) in [5, 5.41) is 18.2. The van der Waals surface area contributed by atoms with E-state index in [-0.39, 0.29) is 44.8 Å². The van der Waals surface area contributed by atoms with Gasteiger partial charge in [-0.3, -0.25) is 9.89 Å². The molecule has 7 heteroatoms. The van der Waals surface area contributed by atoms with Gasteiger partial charge in [-0.25, -0.2) is 4.98 Å². The van der Waals surface area contributed by atoms with E-state index in [0.717, 1.165) is 56.9 Å². The molecule has 0 amide bonds. The highest BCUT2D eigenvalue weighted by atomic mass is 19.1. The van der Waals surface area contributed by atoms with Crippen LogP contribution in [0.2, 0.25) is 0 Å². The third-order valence-corrected chi connectivity index (χ3v) is 14.2. The SMILES string of the molecule is CC1(C)CC2C3=C(c4ccnc(F)c4)CC4C5(C)Cc6c(N)n[nH]c6C(C)(C)C5CCC4(C)C3(C)CCC2[C@H](C(=O)O)C1. The number of rotatable bonds is 2. The summed E-state index contributed by atoms with van der Waals surface area (Å²) >= 11 is 0. The lowest BCUT2D eigenvalue weighted by atomic mass is 9.33. The molecule has 4 N–H and O–H groups in total. The van der Waals surface area contributed by atoms with Gasteiger partial charge in [-0.05, 0) is 114 Å². The van der Waals surface area contributed by atoms with E-state index in [1.54, 1.807) is 12.3 Å². The molecule has 0 aliphatic heterocycles. The Balaban J connectivity index is 1.46. The molecule has 3 saturated carbocycles. The van der Waals surface area contributed by atoms with Crippen LogP contribution in [-0.2, 0) is 16.6 Å². The molecule has 5 aliphatic rings. The molecule has 0 spiro atoms. The molecule has 2 heterocycles. The average molecular weight is 589 g/mol. The van der Waals surface area contributed by atoms with E-state index < -0.39 is 11.9 Å². The van der Waals surface area contributed by atoms with Gasteiger partial charge < -0.3 is 10.8 Å². The number of hydrogen-bond acceptors (Lipinski definition) is 4. The second-order valence-corrected chi connectivity index (χ2v) is 17.0. The number of pyridine rings is 1. The number of aromatic amines is 1. The van der Waals surface area contributed by atoms with Crippen molar-refractivity contribution in [3.05, 3.63) is 46.7 Å². The summed E-state index contributed by atoms with van der Waals surface area (Å²) in [4.78, 5) is 16.6. The lowest BCUT2D eigenvalue weighted by Crippen LogP contribution is -2.64. The van der Waals surface area contributed by atoms with Crippen molar-refractivity contribution in [2.24, 2.45) is 51.2 Å². The Labute approximate surface area is 255 Å². The van der Waals surface area contributed by atoms with Crippen LogP contribution in [0.5, 0.6) is 0 Å². The van der Waals surface area contributed by atoms with Crippen LogP contribution in [0.25, 0.3) is 5.57 Å². The number of fused-ring (bicyclic) bond motifs is 8. The number of carboxylic acids is 1. The first kappa shape index (κ1) is 29.0. The number of H-pyrrole nitrogens is 1. The number of carbonyl (C=O) groups is 1. The number of nitrogens with zero attached hydrogens (tertiary/aromatic N) is 2. The van der Waals surface area contributed by atoms with E-state index in [1.807, 2.05) is 6.07 Å². The van der Waals surface area contributed by atoms with Crippen LogP contribution in [-0.4, -0.2) is 26.3 Å². The summed E-state index contributed by atoms with van der Waals surface area (Å²) in [5.74, 6) is 0.255. The van der Waals surface area contributed by atoms with Crippen molar-refractivity contribution in [3.63, 3.8) is 0 Å². The molecule has 0 saturated heterocycles. The summed E-state index contributed by atoms with van der Waals surface area (Å²) in [6, 6.07) is 3.61. The number of nitrogens with one attached hydrogen (secondary N) is 1. The standard InChI is InChI=1S/C36H49FN4O2/c1-32(2)16-22-20(23(17-32)31(42)43)8-11-36(7)28(22)21(19-10-13-39-27(37)14-19)15-26-34(5)18-24-29(40-41-30(24)38)33(3,4)25(34)9-12-35(26,36)6/h10,13-14,20,22-23,25-26H,8-9,11-12,15-18H2,1-7H3,(H,42,43)(H3,38,40,41)/t20?,22?,23-,25?,26?,34?,35?,36?/m1/s1. The maximum Gasteiger partial charge on any atom is 0.306 e. The van der Waals surface area contributed by atoms with Crippen molar-refractivity contribution < 1.29 is 14.3 Å². The molecule has 2 aromatic rings. The number of carboxylic acid groups (broad SMARTS) is 1. The van der Waals surface area contributed by atoms with E-state index >= 15 is 0 Å². The zero-order chi connectivity index (χ0) is 30.9. The quantitative estimate of drug-likeness (QED) is 0.310. The van der Waals surface area contributed by atoms with Gasteiger partial charge in [-0.2, -0.15) is 9.49 Å². The van der Waals surface area contributed by atoms with Crippen LogP contribution < -0.4 is 5.73 Å². The van der Waals surface area contributed by atoms with Crippen molar-refractivity contribution in [3.8, 4) is 0 Å². The molecule has 7 rings (SSSR count). The van der Waals surface area contributed by atoms with Crippen LogP contribution in [0.1, 0.15) is 110 Å². The van der Waals surface area contributed by atoms with Gasteiger partial charge in [0.05, 0.1) is 5.92 Å². The smallest absolute Gasteiger partial charge is 0.306 e. The highest BCUT2D eigenvalue weighted by molar-refractivity contribution is 5.75. The molecular formula is C36H49FN4O2. The van der Waals surface area contributed by atoms with Gasteiger partial charge in [-0.1, -0.05) is 54.0 Å². The average Bonchev–Trinajstić information content (AvgIpc) is 3.28. The fourth-order valence-corrected chi connectivity index (χ4v) is 12.3. The van der Waals surface area contributed by atoms with Gasteiger partial charge in [0.25, 0.3) is 0 Å². The zero-order valence-electron chi connectivity index (χ0n) is 27.0. The molecule has 5 aliphatic carbocycles. The van der Waals surface area contributed by atoms with Gasteiger partial charge in [0.15, 0.2) is 0 Å². The van der Waals surface area contributed by atoms with Crippen molar-refractivity contribution in [1.29, 1.82) is 0 Å². The number of anilines is 1. The highest BCUT2D eigenvalue weighted by Gasteiger charge is 2.68. The van der Waals surface area contributed by atoms with Crippen LogP contribution in [0.3, 0.4) is 0 Å². The first-order valence-electron chi connectivity index (χ1n) is 16.4. The molecule has 7 unspecified atom stereocenters. The molecule has 8 atom stereocenters. The first-order chi connectivity index (χ1) is 20.0. The summed E-state index contributed by atoms with van der Waals surface area (Å²) in [7, 11) is 0. The minimum absolute atomic E-state index is 0.0139. The fraction of sp³-hybridized carbons (Fsp3) is 0.694. The van der Waals surface area contributed by atoms with Gasteiger partial charge >= 0.3 is 5.97 Å². The normalized spacial score (nSPS) is 40.9. The van der Waals surface area contributed by atoms with E-state index in [4.69, 9.17) is 5.73 Å². The predicted molar refractivity (Wildman–Crippen MR) is 166 cm³/mol. The van der Waals surface area contributed by atoms with Crippen molar-refractivity contribution in [1.82, 2.24) is 15.2 Å². The summed E-state index contributed by atoms with van der Waals surface area (Å²) in [6.07, 6.45) is 9.22. The minimum atomic E-state index is -0.658. The number of nitrogens with two attached hydrogens (primary N) is 1. The number of halogens is 1. The fourth-order valence-electron chi connectivity index (χ4n) is 12.3. The van der Waals surface area contributed by atoms with Crippen molar-refractivity contribution in [2.75, 3.05) is 5.73 Å². The first-order valence-corrected chi connectivity index (χ1v) is 16.4. The Hall–Kier alpha value is -2.70. The maximum atomic E-state index is 14.9. The van der Waals surface area contributed by atoms with Crippen molar-refractivity contribution in [2.45, 2.75) is 105 Å².